The second-order valence-corrected chi connectivity index (χ2v) is 5.73. The third-order valence-electron chi connectivity index (χ3n) is 4.48. The summed E-state index contributed by atoms with van der Waals surface area (Å²) < 4.78 is 0. The molecule has 3 aromatic rings. The Hall–Kier alpha value is -2.63. The van der Waals surface area contributed by atoms with Crippen LogP contribution in [0, 0.1) is 0 Å². The summed E-state index contributed by atoms with van der Waals surface area (Å²) in [4.78, 5) is 25.5. The number of aromatic amines is 1. The summed E-state index contributed by atoms with van der Waals surface area (Å²) >= 11 is 0. The van der Waals surface area contributed by atoms with Crippen molar-refractivity contribution in [1.82, 2.24) is 19.9 Å². The van der Waals surface area contributed by atoms with E-state index in [1.54, 1.807) is 4.90 Å². The number of likely N-dealkylation sites (tertiary alicyclic amines) is 1. The molecule has 1 aliphatic heterocycles. The molecule has 22 heavy (non-hydrogen) atoms. The Labute approximate surface area is 127 Å². The van der Waals surface area contributed by atoms with E-state index in [1.807, 2.05) is 30.9 Å². The molecular formula is C16H17N5O. The third kappa shape index (κ3) is 1.91. The number of fused-ring (bicyclic) bond motifs is 3. The molecule has 6 nitrogen and oxygen atoms in total. The number of carbonyl (C=O) groups excluding carboxylic acids is 1. The van der Waals surface area contributed by atoms with E-state index in [0.717, 1.165) is 46.6 Å². The van der Waals surface area contributed by atoms with E-state index >= 15 is 0 Å². The Morgan fingerprint density at radius 2 is 2.23 bits per heavy atom. The van der Waals surface area contributed by atoms with Gasteiger partial charge < -0.3 is 15.6 Å². The highest BCUT2D eigenvalue weighted by atomic mass is 16.2. The summed E-state index contributed by atoms with van der Waals surface area (Å²) in [7, 11) is 0. The summed E-state index contributed by atoms with van der Waals surface area (Å²) in [5, 5.41) is 3.16. The van der Waals surface area contributed by atoms with E-state index in [4.69, 9.17) is 5.73 Å². The molecular weight excluding hydrogens is 278 g/mol. The SMILES string of the molecule is NC(=O)N1CCCCC1c1cncc2cnc3[nH]ccc3c12. The van der Waals surface area contributed by atoms with Crippen LogP contribution in [0.4, 0.5) is 4.79 Å². The lowest BCUT2D eigenvalue weighted by Crippen LogP contribution is -2.41. The van der Waals surface area contributed by atoms with Crippen LogP contribution in [0.1, 0.15) is 30.9 Å². The molecule has 3 N–H and O–H groups in total. The quantitative estimate of drug-likeness (QED) is 0.723. The number of piperidine rings is 1. The lowest BCUT2D eigenvalue weighted by Gasteiger charge is -2.35. The van der Waals surface area contributed by atoms with Gasteiger partial charge >= 0.3 is 6.03 Å². The van der Waals surface area contributed by atoms with Crippen molar-refractivity contribution in [1.29, 1.82) is 0 Å². The van der Waals surface area contributed by atoms with Crippen molar-refractivity contribution in [3.05, 3.63) is 36.4 Å². The molecule has 1 aliphatic rings. The predicted molar refractivity (Wildman–Crippen MR) is 84.3 cm³/mol. The van der Waals surface area contributed by atoms with Crippen LogP contribution >= 0.6 is 0 Å². The van der Waals surface area contributed by atoms with Crippen molar-refractivity contribution in [2.75, 3.05) is 6.54 Å². The van der Waals surface area contributed by atoms with Crippen LogP contribution in [0.25, 0.3) is 21.8 Å². The zero-order valence-corrected chi connectivity index (χ0v) is 12.1. The Kier molecular flexibility index (Phi) is 2.96. The number of urea groups is 1. The zero-order chi connectivity index (χ0) is 15.1. The van der Waals surface area contributed by atoms with Gasteiger partial charge in [-0.3, -0.25) is 4.98 Å². The first-order valence-electron chi connectivity index (χ1n) is 7.51. The minimum atomic E-state index is -0.360. The number of primary amides is 1. The molecule has 0 radical (unpaired) electrons. The number of amides is 2. The first kappa shape index (κ1) is 13.1. The summed E-state index contributed by atoms with van der Waals surface area (Å²) in [6.45, 7) is 0.706. The number of hydrogen-bond acceptors (Lipinski definition) is 3. The summed E-state index contributed by atoms with van der Waals surface area (Å²) in [5.41, 5.74) is 7.49. The number of carbonyl (C=O) groups is 1. The lowest BCUT2D eigenvalue weighted by molar-refractivity contribution is 0.160. The predicted octanol–water partition coefficient (Wildman–Crippen LogP) is 2.72. The molecule has 0 saturated carbocycles. The van der Waals surface area contributed by atoms with E-state index in [9.17, 15) is 4.79 Å². The maximum Gasteiger partial charge on any atom is 0.315 e. The van der Waals surface area contributed by atoms with Gasteiger partial charge in [0.1, 0.15) is 5.65 Å². The Morgan fingerprint density at radius 1 is 1.32 bits per heavy atom. The van der Waals surface area contributed by atoms with Crippen molar-refractivity contribution in [3.8, 4) is 0 Å². The fourth-order valence-electron chi connectivity index (χ4n) is 3.48. The summed E-state index contributed by atoms with van der Waals surface area (Å²) in [6, 6.07) is 1.65. The number of rotatable bonds is 1. The van der Waals surface area contributed by atoms with Crippen molar-refractivity contribution >= 4 is 27.8 Å². The van der Waals surface area contributed by atoms with E-state index in [1.165, 1.54) is 0 Å². The zero-order valence-electron chi connectivity index (χ0n) is 12.1. The number of aromatic nitrogens is 3. The second kappa shape index (κ2) is 4.98. The average molecular weight is 295 g/mol. The average Bonchev–Trinajstić information content (AvgIpc) is 3.03. The highest BCUT2D eigenvalue weighted by molar-refractivity contribution is 6.06. The minimum absolute atomic E-state index is 0.0112. The van der Waals surface area contributed by atoms with Crippen LogP contribution in [0.15, 0.2) is 30.9 Å². The van der Waals surface area contributed by atoms with Crippen LogP contribution in [0.2, 0.25) is 0 Å². The van der Waals surface area contributed by atoms with Crippen LogP contribution in [-0.4, -0.2) is 32.4 Å². The van der Waals surface area contributed by atoms with Gasteiger partial charge in [0.25, 0.3) is 0 Å². The Bertz CT molecular complexity index is 856. The number of H-pyrrole nitrogens is 1. The van der Waals surface area contributed by atoms with Crippen molar-refractivity contribution in [3.63, 3.8) is 0 Å². The number of nitrogens with zero attached hydrogens (tertiary/aromatic N) is 3. The Morgan fingerprint density at radius 3 is 3.09 bits per heavy atom. The molecule has 1 fully saturated rings. The van der Waals surface area contributed by atoms with Gasteiger partial charge in [-0.05, 0) is 25.3 Å². The van der Waals surface area contributed by atoms with Crippen molar-refractivity contribution in [2.24, 2.45) is 5.73 Å². The molecule has 0 aromatic carbocycles. The molecule has 1 unspecified atom stereocenters. The molecule has 0 bridgehead atoms. The van der Waals surface area contributed by atoms with Crippen LogP contribution in [0.5, 0.6) is 0 Å². The van der Waals surface area contributed by atoms with Gasteiger partial charge in [-0.25, -0.2) is 9.78 Å². The van der Waals surface area contributed by atoms with E-state index in [0.29, 0.717) is 6.54 Å². The maximum atomic E-state index is 11.8. The normalized spacial score (nSPS) is 18.9. The minimum Gasteiger partial charge on any atom is -0.351 e. The van der Waals surface area contributed by atoms with Gasteiger partial charge in [0.05, 0.1) is 6.04 Å². The molecule has 1 atom stereocenters. The van der Waals surface area contributed by atoms with Crippen LogP contribution in [-0.2, 0) is 0 Å². The molecule has 1 saturated heterocycles. The van der Waals surface area contributed by atoms with Gasteiger partial charge in [-0.2, -0.15) is 0 Å². The van der Waals surface area contributed by atoms with Crippen molar-refractivity contribution in [2.45, 2.75) is 25.3 Å². The maximum absolute atomic E-state index is 11.8. The molecule has 3 aromatic heterocycles. The summed E-state index contributed by atoms with van der Waals surface area (Å²) in [6.07, 6.45) is 10.4. The van der Waals surface area contributed by atoms with E-state index in [2.05, 4.69) is 15.0 Å². The molecule has 6 heteroatoms. The van der Waals surface area contributed by atoms with Crippen LogP contribution in [0.3, 0.4) is 0 Å². The van der Waals surface area contributed by atoms with Gasteiger partial charge in [-0.15, -0.1) is 0 Å². The topological polar surface area (TPSA) is 87.9 Å². The highest BCUT2D eigenvalue weighted by Crippen LogP contribution is 2.36. The fraction of sp³-hybridized carbons (Fsp3) is 0.312. The Balaban J connectivity index is 1.97. The number of nitrogens with one attached hydrogen (secondary N) is 1. The largest absolute Gasteiger partial charge is 0.351 e. The molecule has 0 aliphatic carbocycles. The van der Waals surface area contributed by atoms with E-state index < -0.39 is 0 Å². The van der Waals surface area contributed by atoms with Crippen LogP contribution < -0.4 is 5.73 Å². The molecule has 4 heterocycles. The summed E-state index contributed by atoms with van der Waals surface area (Å²) in [5.74, 6) is 0. The third-order valence-corrected chi connectivity index (χ3v) is 4.48. The number of hydrogen-bond donors (Lipinski definition) is 2. The smallest absolute Gasteiger partial charge is 0.315 e. The first-order valence-corrected chi connectivity index (χ1v) is 7.51. The monoisotopic (exact) mass is 295 g/mol. The number of pyridine rings is 2. The highest BCUT2D eigenvalue weighted by Gasteiger charge is 2.28. The molecule has 2 amide bonds. The molecule has 0 spiro atoms. The first-order chi connectivity index (χ1) is 10.8. The number of nitrogens with two attached hydrogens (primary N) is 1. The van der Waals surface area contributed by atoms with E-state index in [-0.39, 0.29) is 12.1 Å². The standard InChI is InChI=1S/C16H17N5O/c17-16(22)21-6-2-1-3-13(21)12-9-18-7-10-8-20-15-11(14(10)12)4-5-19-15/h4-5,7-9,13H,1-3,6H2,(H2,17,22)(H,19,20). The molecule has 112 valence electrons. The van der Waals surface area contributed by atoms with Crippen molar-refractivity contribution < 1.29 is 4.79 Å². The van der Waals surface area contributed by atoms with Gasteiger partial charge in [0.2, 0.25) is 0 Å². The van der Waals surface area contributed by atoms with Gasteiger partial charge in [0, 0.05) is 53.1 Å². The lowest BCUT2D eigenvalue weighted by atomic mass is 9.92. The second-order valence-electron chi connectivity index (χ2n) is 5.73. The fourth-order valence-corrected chi connectivity index (χ4v) is 3.48. The van der Waals surface area contributed by atoms with Gasteiger partial charge in [-0.1, -0.05) is 0 Å². The van der Waals surface area contributed by atoms with Gasteiger partial charge in [0.15, 0.2) is 0 Å². The molecule has 4 rings (SSSR count).